The maximum absolute atomic E-state index is 12.7. The number of amides is 2. The number of carbonyl (C=O) groups is 2. The van der Waals surface area contributed by atoms with Crippen LogP contribution in [0.15, 0.2) is 46.9 Å². The molecule has 134 valence electrons. The third-order valence-electron chi connectivity index (χ3n) is 3.72. The standard InChI is InChI=1S/C17H15ClN4O3S/c1-2-7-26-17-21-14-13(16(25)22-17)9(8-12(23)20-14)15(24)19-11-6-4-3-5-10(11)18/h2-6,9H,1,7-8H2,(H,19,24)(H2,20,21,22,23,25). The molecule has 1 atom stereocenters. The minimum Gasteiger partial charge on any atom is -0.324 e. The summed E-state index contributed by atoms with van der Waals surface area (Å²) >= 11 is 7.32. The summed E-state index contributed by atoms with van der Waals surface area (Å²) in [4.78, 5) is 44.1. The number of benzene rings is 1. The second kappa shape index (κ2) is 7.76. The Balaban J connectivity index is 1.94. The van der Waals surface area contributed by atoms with Crippen molar-refractivity contribution in [2.45, 2.75) is 17.5 Å². The van der Waals surface area contributed by atoms with E-state index in [9.17, 15) is 14.4 Å². The van der Waals surface area contributed by atoms with E-state index >= 15 is 0 Å². The van der Waals surface area contributed by atoms with Crippen LogP contribution < -0.4 is 16.2 Å². The van der Waals surface area contributed by atoms with E-state index in [1.54, 1.807) is 30.3 Å². The number of fused-ring (bicyclic) bond motifs is 1. The Morgan fingerprint density at radius 1 is 1.42 bits per heavy atom. The van der Waals surface area contributed by atoms with Gasteiger partial charge in [-0.2, -0.15) is 0 Å². The van der Waals surface area contributed by atoms with Crippen LogP contribution in [0.4, 0.5) is 11.5 Å². The molecule has 1 aromatic carbocycles. The molecule has 0 bridgehead atoms. The van der Waals surface area contributed by atoms with Gasteiger partial charge in [0.2, 0.25) is 11.8 Å². The summed E-state index contributed by atoms with van der Waals surface area (Å²) in [6.45, 7) is 3.61. The third kappa shape index (κ3) is 3.81. The Morgan fingerprint density at radius 2 is 2.19 bits per heavy atom. The first kappa shape index (κ1) is 18.2. The van der Waals surface area contributed by atoms with Crippen LogP contribution in [0.25, 0.3) is 0 Å². The van der Waals surface area contributed by atoms with Gasteiger partial charge >= 0.3 is 0 Å². The number of anilines is 2. The van der Waals surface area contributed by atoms with Crippen LogP contribution in [-0.2, 0) is 9.59 Å². The molecule has 7 nitrogen and oxygen atoms in total. The van der Waals surface area contributed by atoms with E-state index in [1.165, 1.54) is 11.8 Å². The number of aromatic amines is 1. The summed E-state index contributed by atoms with van der Waals surface area (Å²) in [6.07, 6.45) is 1.52. The Morgan fingerprint density at radius 3 is 2.92 bits per heavy atom. The smallest absolute Gasteiger partial charge is 0.257 e. The summed E-state index contributed by atoms with van der Waals surface area (Å²) in [7, 11) is 0. The van der Waals surface area contributed by atoms with Crippen LogP contribution >= 0.6 is 23.4 Å². The van der Waals surface area contributed by atoms with Gasteiger partial charge in [-0.05, 0) is 12.1 Å². The summed E-state index contributed by atoms with van der Waals surface area (Å²) in [6, 6.07) is 6.73. The molecular weight excluding hydrogens is 376 g/mol. The van der Waals surface area contributed by atoms with E-state index in [-0.39, 0.29) is 23.7 Å². The number of hydrogen-bond acceptors (Lipinski definition) is 5. The van der Waals surface area contributed by atoms with Crippen LogP contribution in [0.1, 0.15) is 17.9 Å². The molecular formula is C17H15ClN4O3S. The van der Waals surface area contributed by atoms with E-state index in [0.717, 1.165) is 0 Å². The predicted molar refractivity (Wildman–Crippen MR) is 102 cm³/mol. The molecule has 0 saturated carbocycles. The highest BCUT2D eigenvalue weighted by atomic mass is 35.5. The number of H-pyrrole nitrogens is 1. The Kier molecular flexibility index (Phi) is 5.43. The van der Waals surface area contributed by atoms with Crippen molar-refractivity contribution in [3.05, 3.63) is 57.9 Å². The second-order valence-corrected chi connectivity index (χ2v) is 6.92. The zero-order valence-electron chi connectivity index (χ0n) is 13.5. The summed E-state index contributed by atoms with van der Waals surface area (Å²) in [5, 5.41) is 5.94. The van der Waals surface area contributed by atoms with Gasteiger partial charge in [0.1, 0.15) is 5.82 Å². The minimum atomic E-state index is -0.954. The molecule has 0 radical (unpaired) electrons. The van der Waals surface area contributed by atoms with Gasteiger partial charge in [0.15, 0.2) is 5.16 Å². The molecule has 2 amide bonds. The monoisotopic (exact) mass is 390 g/mol. The lowest BCUT2D eigenvalue weighted by Gasteiger charge is -2.23. The van der Waals surface area contributed by atoms with Crippen molar-refractivity contribution in [1.29, 1.82) is 0 Å². The lowest BCUT2D eigenvalue weighted by Crippen LogP contribution is -2.36. The molecule has 0 spiro atoms. The Bertz CT molecular complexity index is 944. The maximum Gasteiger partial charge on any atom is 0.257 e. The molecule has 9 heteroatoms. The van der Waals surface area contributed by atoms with E-state index in [4.69, 9.17) is 11.6 Å². The van der Waals surface area contributed by atoms with Gasteiger partial charge in [-0.3, -0.25) is 14.4 Å². The van der Waals surface area contributed by atoms with Gasteiger partial charge in [-0.15, -0.1) is 6.58 Å². The van der Waals surface area contributed by atoms with Crippen LogP contribution in [0.5, 0.6) is 0 Å². The van der Waals surface area contributed by atoms with Crippen molar-refractivity contribution < 1.29 is 9.59 Å². The normalized spacial score (nSPS) is 15.7. The van der Waals surface area contributed by atoms with Crippen molar-refractivity contribution >= 4 is 46.7 Å². The van der Waals surface area contributed by atoms with Gasteiger partial charge < -0.3 is 15.6 Å². The molecule has 1 aromatic heterocycles. The third-order valence-corrected chi connectivity index (χ3v) is 4.91. The lowest BCUT2D eigenvalue weighted by molar-refractivity contribution is -0.123. The van der Waals surface area contributed by atoms with Gasteiger partial charge in [0.05, 0.1) is 22.2 Å². The topological polar surface area (TPSA) is 104 Å². The van der Waals surface area contributed by atoms with Crippen molar-refractivity contribution in [3.8, 4) is 0 Å². The van der Waals surface area contributed by atoms with E-state index in [1.807, 2.05) is 0 Å². The molecule has 0 fully saturated rings. The molecule has 0 aliphatic carbocycles. The number of halogens is 1. The largest absolute Gasteiger partial charge is 0.324 e. The van der Waals surface area contributed by atoms with Gasteiger partial charge in [-0.25, -0.2) is 4.98 Å². The summed E-state index contributed by atoms with van der Waals surface area (Å²) < 4.78 is 0. The number of hydrogen-bond donors (Lipinski definition) is 3. The van der Waals surface area contributed by atoms with Crippen molar-refractivity contribution in [2.24, 2.45) is 0 Å². The highest BCUT2D eigenvalue weighted by Gasteiger charge is 2.34. The first-order valence-electron chi connectivity index (χ1n) is 7.72. The van der Waals surface area contributed by atoms with E-state index in [2.05, 4.69) is 27.2 Å². The SMILES string of the molecule is C=CCSc1nc2c(c(=O)[nH]1)C(C(=O)Nc1ccccc1Cl)CC(=O)N2. The van der Waals surface area contributed by atoms with Crippen LogP contribution in [-0.4, -0.2) is 27.5 Å². The maximum atomic E-state index is 12.7. The molecule has 26 heavy (non-hydrogen) atoms. The highest BCUT2D eigenvalue weighted by molar-refractivity contribution is 7.99. The van der Waals surface area contributed by atoms with Gasteiger partial charge in [0.25, 0.3) is 5.56 Å². The first-order chi connectivity index (χ1) is 12.5. The van der Waals surface area contributed by atoms with Gasteiger partial charge in [-0.1, -0.05) is 41.6 Å². The lowest BCUT2D eigenvalue weighted by atomic mass is 9.92. The molecule has 1 unspecified atom stereocenters. The average Bonchev–Trinajstić information content (AvgIpc) is 2.60. The zero-order chi connectivity index (χ0) is 18.7. The number of carbonyl (C=O) groups excluding carboxylic acids is 2. The summed E-state index contributed by atoms with van der Waals surface area (Å²) in [5.41, 5.74) is 0.0900. The van der Waals surface area contributed by atoms with Crippen LogP contribution in [0.3, 0.4) is 0 Å². The molecule has 2 heterocycles. The Labute approximate surface area is 158 Å². The number of nitrogens with zero attached hydrogens (tertiary/aromatic N) is 1. The number of aromatic nitrogens is 2. The van der Waals surface area contributed by atoms with Crippen molar-refractivity contribution in [1.82, 2.24) is 9.97 Å². The second-order valence-electron chi connectivity index (χ2n) is 5.51. The fourth-order valence-electron chi connectivity index (χ4n) is 2.56. The van der Waals surface area contributed by atoms with Crippen molar-refractivity contribution in [3.63, 3.8) is 0 Å². The fourth-order valence-corrected chi connectivity index (χ4v) is 3.34. The molecule has 1 aliphatic heterocycles. The number of para-hydroxylation sites is 1. The predicted octanol–water partition coefficient (Wildman–Crippen LogP) is 2.77. The van der Waals surface area contributed by atoms with E-state index in [0.29, 0.717) is 21.6 Å². The quantitative estimate of drug-likeness (QED) is 0.413. The molecule has 3 rings (SSSR count). The molecule has 1 aliphatic rings. The minimum absolute atomic E-state index is 0.107. The molecule has 3 N–H and O–H groups in total. The molecule has 0 saturated heterocycles. The first-order valence-corrected chi connectivity index (χ1v) is 9.09. The zero-order valence-corrected chi connectivity index (χ0v) is 15.1. The number of rotatable bonds is 5. The van der Waals surface area contributed by atoms with E-state index < -0.39 is 17.4 Å². The average molecular weight is 391 g/mol. The fraction of sp³-hybridized carbons (Fsp3) is 0.176. The van der Waals surface area contributed by atoms with Gasteiger partial charge in [0, 0.05) is 12.2 Å². The van der Waals surface area contributed by atoms with Crippen LogP contribution in [0, 0.1) is 0 Å². The highest BCUT2D eigenvalue weighted by Crippen LogP contribution is 2.31. The summed E-state index contributed by atoms with van der Waals surface area (Å²) in [5.74, 6) is -1.17. The number of thioether (sulfide) groups is 1. The van der Waals surface area contributed by atoms with Crippen molar-refractivity contribution in [2.75, 3.05) is 16.4 Å². The molecule has 2 aromatic rings. The number of nitrogens with one attached hydrogen (secondary N) is 3. The Hall–Kier alpha value is -2.58. The van der Waals surface area contributed by atoms with Crippen LogP contribution in [0.2, 0.25) is 5.02 Å².